The molecule has 10 heteroatoms. The molecule has 0 aliphatic carbocycles. The zero-order valence-electron chi connectivity index (χ0n) is 21.7. The Labute approximate surface area is 257 Å². The van der Waals surface area contributed by atoms with Crippen molar-refractivity contribution in [3.05, 3.63) is 129 Å². The van der Waals surface area contributed by atoms with Crippen LogP contribution in [0.5, 0.6) is 0 Å². The third kappa shape index (κ3) is 8.87. The van der Waals surface area contributed by atoms with Crippen molar-refractivity contribution in [1.29, 1.82) is 0 Å². The quantitative estimate of drug-likeness (QED) is 0.129. The highest BCUT2D eigenvalue weighted by Crippen LogP contribution is 2.29. The molecule has 3 N–H and O–H groups in total. The molecule has 0 bridgehead atoms. The Balaban J connectivity index is 1.43. The molecule has 41 heavy (non-hydrogen) atoms. The highest BCUT2D eigenvalue weighted by molar-refractivity contribution is 8.00. The number of benzene rings is 4. The van der Waals surface area contributed by atoms with E-state index in [1.807, 2.05) is 0 Å². The predicted molar refractivity (Wildman–Crippen MR) is 169 cm³/mol. The highest BCUT2D eigenvalue weighted by atomic mass is 35.5. The summed E-state index contributed by atoms with van der Waals surface area (Å²) >= 11 is 19.6. The summed E-state index contributed by atoms with van der Waals surface area (Å²) in [5.74, 6) is -1.17. The summed E-state index contributed by atoms with van der Waals surface area (Å²) < 4.78 is 0. The number of amides is 3. The third-order valence-corrected chi connectivity index (χ3v) is 7.58. The Bertz CT molecular complexity index is 1600. The summed E-state index contributed by atoms with van der Waals surface area (Å²) in [6, 6.07) is 27.4. The molecule has 1 atom stereocenters. The van der Waals surface area contributed by atoms with Gasteiger partial charge in [0, 0.05) is 26.2 Å². The first-order valence-corrected chi connectivity index (χ1v) is 14.4. The van der Waals surface area contributed by atoms with E-state index in [0.29, 0.717) is 37.6 Å². The van der Waals surface area contributed by atoms with Crippen molar-refractivity contribution >= 4 is 81.7 Å². The fourth-order valence-corrected chi connectivity index (χ4v) is 5.01. The predicted octanol–water partition coefficient (Wildman–Crippen LogP) is 8.18. The average molecular weight is 625 g/mol. The number of halogens is 3. The van der Waals surface area contributed by atoms with Gasteiger partial charge in [-0.15, -0.1) is 11.8 Å². The Hall–Kier alpha value is -3.75. The molecular formula is C31H24Cl3N3O3S. The average Bonchev–Trinajstić information content (AvgIpc) is 2.96. The maximum atomic E-state index is 13.2. The van der Waals surface area contributed by atoms with Crippen molar-refractivity contribution in [3.63, 3.8) is 0 Å². The first-order valence-electron chi connectivity index (χ1n) is 12.4. The van der Waals surface area contributed by atoms with Gasteiger partial charge in [0.25, 0.3) is 11.8 Å². The summed E-state index contributed by atoms with van der Waals surface area (Å²) in [5, 5.41) is 9.22. The summed E-state index contributed by atoms with van der Waals surface area (Å²) in [5.41, 5.74) is 2.05. The zero-order valence-corrected chi connectivity index (χ0v) is 24.7. The maximum absolute atomic E-state index is 13.2. The van der Waals surface area contributed by atoms with Crippen molar-refractivity contribution < 1.29 is 14.4 Å². The molecular weight excluding hydrogens is 601 g/mol. The van der Waals surface area contributed by atoms with Gasteiger partial charge >= 0.3 is 0 Å². The van der Waals surface area contributed by atoms with Gasteiger partial charge in [-0.05, 0) is 85.3 Å². The van der Waals surface area contributed by atoms with Crippen LogP contribution in [0.15, 0.2) is 108 Å². The Morgan fingerprint density at radius 3 is 2.20 bits per heavy atom. The number of hydrogen-bond acceptors (Lipinski definition) is 4. The second kappa shape index (κ2) is 14.2. The van der Waals surface area contributed by atoms with Crippen molar-refractivity contribution in [2.75, 3.05) is 10.6 Å². The fourth-order valence-electron chi connectivity index (χ4n) is 3.61. The second-order valence-corrected chi connectivity index (χ2v) is 11.5. The van der Waals surface area contributed by atoms with E-state index in [0.717, 1.165) is 4.90 Å². The molecule has 1 unspecified atom stereocenters. The van der Waals surface area contributed by atoms with E-state index in [4.69, 9.17) is 34.8 Å². The summed E-state index contributed by atoms with van der Waals surface area (Å²) in [4.78, 5) is 39.6. The summed E-state index contributed by atoms with van der Waals surface area (Å²) in [6.07, 6.45) is 1.55. The molecule has 0 spiro atoms. The minimum atomic E-state index is -0.513. The van der Waals surface area contributed by atoms with Crippen LogP contribution in [0.25, 0.3) is 6.08 Å². The smallest absolute Gasteiger partial charge is 0.272 e. The third-order valence-electron chi connectivity index (χ3n) is 5.67. The van der Waals surface area contributed by atoms with Gasteiger partial charge in [0.15, 0.2) is 0 Å². The van der Waals surface area contributed by atoms with Gasteiger partial charge in [-0.1, -0.05) is 65.1 Å². The zero-order chi connectivity index (χ0) is 29.4. The minimum Gasteiger partial charge on any atom is -0.324 e. The first kappa shape index (κ1) is 30.2. The molecule has 0 heterocycles. The molecule has 4 rings (SSSR count). The topological polar surface area (TPSA) is 87.3 Å². The molecule has 0 aromatic heterocycles. The molecule has 0 fully saturated rings. The van der Waals surface area contributed by atoms with E-state index in [-0.39, 0.29) is 11.6 Å². The van der Waals surface area contributed by atoms with Crippen molar-refractivity contribution in [1.82, 2.24) is 5.32 Å². The monoisotopic (exact) mass is 623 g/mol. The minimum absolute atomic E-state index is 0.0459. The van der Waals surface area contributed by atoms with E-state index in [1.54, 1.807) is 110 Å². The lowest BCUT2D eigenvalue weighted by Gasteiger charge is -2.14. The van der Waals surface area contributed by atoms with Crippen LogP contribution in [0.4, 0.5) is 11.4 Å². The van der Waals surface area contributed by atoms with Gasteiger partial charge in [-0.3, -0.25) is 14.4 Å². The van der Waals surface area contributed by atoms with Gasteiger partial charge in [-0.25, -0.2) is 0 Å². The van der Waals surface area contributed by atoms with Crippen LogP contribution < -0.4 is 16.0 Å². The van der Waals surface area contributed by atoms with Crippen molar-refractivity contribution in [2.24, 2.45) is 0 Å². The van der Waals surface area contributed by atoms with E-state index in [1.165, 1.54) is 11.8 Å². The number of hydrogen-bond donors (Lipinski definition) is 3. The maximum Gasteiger partial charge on any atom is 0.272 e. The number of rotatable bonds is 9. The standard InChI is InChI=1S/C31H24Cl3N3O3S/c1-19(29(38)36-27-18-23(33)10-15-26(27)34)41-25-13-11-24(12-14-25)35-31(40)28(17-20-6-5-9-22(32)16-20)37-30(39)21-7-3-2-4-8-21/h2-19H,1H3,(H,35,40)(H,36,38)(H,37,39)/b28-17-. The fraction of sp³-hybridized carbons (Fsp3) is 0.0645. The second-order valence-electron chi connectivity index (χ2n) is 8.79. The molecule has 0 aliphatic heterocycles. The lowest BCUT2D eigenvalue weighted by molar-refractivity contribution is -0.115. The van der Waals surface area contributed by atoms with Crippen LogP contribution in [0.2, 0.25) is 15.1 Å². The van der Waals surface area contributed by atoms with E-state index >= 15 is 0 Å². The lowest BCUT2D eigenvalue weighted by Crippen LogP contribution is -2.30. The van der Waals surface area contributed by atoms with Gasteiger partial charge in [0.2, 0.25) is 5.91 Å². The number of anilines is 2. The Morgan fingerprint density at radius 2 is 1.49 bits per heavy atom. The Morgan fingerprint density at radius 1 is 0.780 bits per heavy atom. The molecule has 208 valence electrons. The van der Waals surface area contributed by atoms with E-state index < -0.39 is 17.1 Å². The molecule has 4 aromatic rings. The van der Waals surface area contributed by atoms with Crippen LogP contribution in [-0.4, -0.2) is 23.0 Å². The first-order chi connectivity index (χ1) is 19.7. The molecule has 6 nitrogen and oxygen atoms in total. The van der Waals surface area contributed by atoms with Gasteiger partial charge in [0.05, 0.1) is 16.0 Å². The summed E-state index contributed by atoms with van der Waals surface area (Å²) in [6.45, 7) is 1.77. The number of thioether (sulfide) groups is 1. The van der Waals surface area contributed by atoms with E-state index in [9.17, 15) is 14.4 Å². The Kier molecular flexibility index (Phi) is 10.5. The van der Waals surface area contributed by atoms with Crippen LogP contribution in [-0.2, 0) is 9.59 Å². The molecule has 4 aromatic carbocycles. The molecule has 0 aliphatic rings. The lowest BCUT2D eigenvalue weighted by atomic mass is 10.1. The number of carbonyl (C=O) groups excluding carboxylic acids is 3. The van der Waals surface area contributed by atoms with Gasteiger partial charge < -0.3 is 16.0 Å². The number of nitrogens with one attached hydrogen (secondary N) is 3. The largest absolute Gasteiger partial charge is 0.324 e. The van der Waals surface area contributed by atoms with Gasteiger partial charge in [0.1, 0.15) is 5.70 Å². The summed E-state index contributed by atoms with van der Waals surface area (Å²) in [7, 11) is 0. The molecule has 3 amide bonds. The number of carbonyl (C=O) groups is 3. The van der Waals surface area contributed by atoms with E-state index in [2.05, 4.69) is 16.0 Å². The molecule has 0 saturated carbocycles. The SMILES string of the molecule is CC(Sc1ccc(NC(=O)/C(=C/c2cccc(Cl)c2)NC(=O)c2ccccc2)cc1)C(=O)Nc1cc(Cl)ccc1Cl. The normalized spacial score (nSPS) is 11.9. The van der Waals surface area contributed by atoms with Crippen LogP contribution in [0, 0.1) is 0 Å². The van der Waals surface area contributed by atoms with Crippen molar-refractivity contribution in [3.8, 4) is 0 Å². The molecule has 0 saturated heterocycles. The molecule has 0 radical (unpaired) electrons. The highest BCUT2D eigenvalue weighted by Gasteiger charge is 2.18. The van der Waals surface area contributed by atoms with Crippen molar-refractivity contribution in [2.45, 2.75) is 17.1 Å². The van der Waals surface area contributed by atoms with Crippen LogP contribution >= 0.6 is 46.6 Å². The van der Waals surface area contributed by atoms with Gasteiger partial charge in [-0.2, -0.15) is 0 Å². The van der Waals surface area contributed by atoms with Crippen LogP contribution in [0.3, 0.4) is 0 Å². The van der Waals surface area contributed by atoms with Crippen LogP contribution in [0.1, 0.15) is 22.8 Å².